The first-order valence-corrected chi connectivity index (χ1v) is 14.2. The standard InChI is InChI=1S/C25H25F3N4O4S2/c1-24(27,28)4-5-25(34)6-8-32(9-7-25)22(33)18-3-2-15(10-16(18)13-29)14-38(35,36)20-12-17(26)11-19-21(20)31-23(30)37-19/h2-3,10-12,34H,4-9,14H2,1H3,(H2,30,31). The predicted molar refractivity (Wildman–Crippen MR) is 136 cm³/mol. The maximum absolute atomic E-state index is 14.1. The van der Waals surface area contributed by atoms with Crippen molar-refractivity contribution in [1.29, 1.82) is 5.26 Å². The molecule has 1 saturated heterocycles. The summed E-state index contributed by atoms with van der Waals surface area (Å²) in [5.41, 5.74) is 4.67. The molecule has 0 spiro atoms. The third kappa shape index (κ3) is 6.09. The Hall–Kier alpha value is -3.21. The monoisotopic (exact) mass is 566 g/mol. The van der Waals surface area contributed by atoms with Crippen molar-refractivity contribution in [1.82, 2.24) is 9.88 Å². The molecule has 202 valence electrons. The van der Waals surface area contributed by atoms with Crippen LogP contribution < -0.4 is 5.73 Å². The van der Waals surface area contributed by atoms with E-state index in [1.54, 1.807) is 0 Å². The number of anilines is 1. The average molecular weight is 567 g/mol. The number of nitriles is 1. The molecule has 0 bridgehead atoms. The number of aromatic nitrogens is 1. The highest BCUT2D eigenvalue weighted by atomic mass is 32.2. The first-order chi connectivity index (χ1) is 17.7. The molecular formula is C25H25F3N4O4S2. The number of amides is 1. The number of aliphatic hydroxyl groups is 1. The number of sulfone groups is 1. The van der Waals surface area contributed by atoms with Gasteiger partial charge in [-0.3, -0.25) is 4.79 Å². The third-order valence-corrected chi connectivity index (χ3v) is 9.10. The van der Waals surface area contributed by atoms with Crippen molar-refractivity contribution in [2.75, 3.05) is 18.8 Å². The highest BCUT2D eigenvalue weighted by Gasteiger charge is 2.37. The minimum absolute atomic E-state index is 0.0450. The van der Waals surface area contributed by atoms with Gasteiger partial charge in [-0.15, -0.1) is 0 Å². The first-order valence-electron chi connectivity index (χ1n) is 11.7. The molecule has 1 fully saturated rings. The summed E-state index contributed by atoms with van der Waals surface area (Å²) in [6.07, 6.45) is -0.305. The maximum atomic E-state index is 14.1. The van der Waals surface area contributed by atoms with Crippen molar-refractivity contribution < 1.29 is 31.5 Å². The smallest absolute Gasteiger partial charge is 0.255 e. The number of nitrogens with two attached hydrogens (primary N) is 1. The molecule has 13 heteroatoms. The number of likely N-dealkylation sites (tertiary alicyclic amines) is 1. The van der Waals surface area contributed by atoms with Gasteiger partial charge in [-0.2, -0.15) is 5.26 Å². The van der Waals surface area contributed by atoms with Crippen molar-refractivity contribution in [3.05, 3.63) is 52.8 Å². The van der Waals surface area contributed by atoms with Crippen LogP contribution in [-0.2, 0) is 15.6 Å². The molecule has 1 aliphatic rings. The summed E-state index contributed by atoms with van der Waals surface area (Å²) >= 11 is 0.959. The second kappa shape index (κ2) is 10.2. The maximum Gasteiger partial charge on any atom is 0.255 e. The minimum Gasteiger partial charge on any atom is -0.390 e. The summed E-state index contributed by atoms with van der Waals surface area (Å²) in [6.45, 7) is 1.04. The van der Waals surface area contributed by atoms with Gasteiger partial charge in [0, 0.05) is 19.5 Å². The number of carbonyl (C=O) groups is 1. The minimum atomic E-state index is -4.09. The van der Waals surface area contributed by atoms with Crippen LogP contribution >= 0.6 is 11.3 Å². The molecule has 2 heterocycles. The number of hydrogen-bond acceptors (Lipinski definition) is 8. The number of thiazole rings is 1. The Bertz CT molecular complexity index is 1540. The summed E-state index contributed by atoms with van der Waals surface area (Å²) in [6, 6.07) is 7.99. The van der Waals surface area contributed by atoms with E-state index in [-0.39, 0.29) is 69.3 Å². The number of halogens is 3. The zero-order valence-corrected chi connectivity index (χ0v) is 22.0. The van der Waals surface area contributed by atoms with E-state index in [1.165, 1.54) is 23.1 Å². The molecule has 0 radical (unpaired) electrons. The Kier molecular flexibility index (Phi) is 7.44. The first kappa shape index (κ1) is 27.8. The SMILES string of the molecule is CC(F)(F)CCC1(O)CCN(C(=O)c2ccc(CS(=O)(=O)c3cc(F)cc4sc(N)nc34)cc2C#N)CC1. The second-order valence-electron chi connectivity index (χ2n) is 9.64. The van der Waals surface area contributed by atoms with E-state index >= 15 is 0 Å². The molecule has 1 aliphatic heterocycles. The Morgan fingerprint density at radius 2 is 1.97 bits per heavy atom. The molecule has 0 saturated carbocycles. The fraction of sp³-hybridized carbons (Fsp3) is 0.400. The molecule has 4 rings (SSSR count). The van der Waals surface area contributed by atoms with E-state index < -0.39 is 45.3 Å². The van der Waals surface area contributed by atoms with Crippen LogP contribution in [0.15, 0.2) is 35.2 Å². The highest BCUT2D eigenvalue weighted by molar-refractivity contribution is 7.90. The summed E-state index contributed by atoms with van der Waals surface area (Å²) in [4.78, 5) is 18.2. The highest BCUT2D eigenvalue weighted by Crippen LogP contribution is 2.33. The van der Waals surface area contributed by atoms with Crippen molar-refractivity contribution in [3.63, 3.8) is 0 Å². The Morgan fingerprint density at radius 3 is 2.61 bits per heavy atom. The number of nitrogen functional groups attached to an aromatic ring is 1. The topological polar surface area (TPSA) is 137 Å². The number of alkyl halides is 2. The van der Waals surface area contributed by atoms with E-state index in [1.807, 2.05) is 6.07 Å². The summed E-state index contributed by atoms with van der Waals surface area (Å²) in [5.74, 6) is -4.70. The predicted octanol–water partition coefficient (Wildman–Crippen LogP) is 4.27. The molecule has 3 aromatic rings. The van der Waals surface area contributed by atoms with Gasteiger partial charge in [0.2, 0.25) is 5.92 Å². The largest absolute Gasteiger partial charge is 0.390 e. The van der Waals surface area contributed by atoms with Crippen LogP contribution in [0.25, 0.3) is 10.2 Å². The number of nitrogens with zero attached hydrogens (tertiary/aromatic N) is 3. The summed E-state index contributed by atoms with van der Waals surface area (Å²) in [7, 11) is -4.09. The molecule has 3 N–H and O–H groups in total. The second-order valence-corrected chi connectivity index (χ2v) is 12.7. The lowest BCUT2D eigenvalue weighted by Gasteiger charge is -2.38. The van der Waals surface area contributed by atoms with Crippen LogP contribution in [0.2, 0.25) is 0 Å². The van der Waals surface area contributed by atoms with Gasteiger partial charge in [-0.1, -0.05) is 17.4 Å². The van der Waals surface area contributed by atoms with Gasteiger partial charge in [0.05, 0.1) is 38.1 Å². The lowest BCUT2D eigenvalue weighted by atomic mass is 9.86. The van der Waals surface area contributed by atoms with E-state index in [0.29, 0.717) is 0 Å². The number of benzene rings is 2. The quantitative estimate of drug-likeness (QED) is 0.436. The lowest BCUT2D eigenvalue weighted by molar-refractivity contribution is -0.0570. The van der Waals surface area contributed by atoms with Crippen molar-refractivity contribution in [2.24, 2.45) is 0 Å². The fourth-order valence-electron chi connectivity index (χ4n) is 4.48. The lowest BCUT2D eigenvalue weighted by Crippen LogP contribution is -2.47. The Morgan fingerprint density at radius 1 is 1.29 bits per heavy atom. The van der Waals surface area contributed by atoms with E-state index in [0.717, 1.165) is 30.4 Å². The number of fused-ring (bicyclic) bond motifs is 1. The zero-order valence-electron chi connectivity index (χ0n) is 20.4. The molecule has 1 aromatic heterocycles. The van der Waals surface area contributed by atoms with Crippen LogP contribution in [0, 0.1) is 17.1 Å². The van der Waals surface area contributed by atoms with Crippen molar-refractivity contribution in [3.8, 4) is 6.07 Å². The molecule has 0 aliphatic carbocycles. The number of piperidine rings is 1. The number of rotatable bonds is 7. The number of hydrogen-bond donors (Lipinski definition) is 2. The molecule has 0 atom stereocenters. The van der Waals surface area contributed by atoms with Gasteiger partial charge in [0.25, 0.3) is 5.91 Å². The van der Waals surface area contributed by atoms with Crippen molar-refractivity contribution in [2.45, 2.75) is 54.8 Å². The van der Waals surface area contributed by atoms with E-state index in [2.05, 4.69) is 4.98 Å². The molecule has 0 unspecified atom stereocenters. The van der Waals surface area contributed by atoms with Crippen molar-refractivity contribution >= 4 is 42.4 Å². The average Bonchev–Trinajstić information content (AvgIpc) is 3.21. The normalized spacial score (nSPS) is 15.9. The summed E-state index contributed by atoms with van der Waals surface area (Å²) in [5, 5.41) is 20.4. The molecule has 2 aromatic carbocycles. The summed E-state index contributed by atoms with van der Waals surface area (Å²) < 4.78 is 67.1. The zero-order chi connectivity index (χ0) is 27.9. The van der Waals surface area contributed by atoms with Crippen LogP contribution in [0.3, 0.4) is 0 Å². The Balaban J connectivity index is 1.51. The van der Waals surface area contributed by atoms with Gasteiger partial charge in [-0.05, 0) is 56.0 Å². The van der Waals surface area contributed by atoms with Gasteiger partial charge in [0.15, 0.2) is 15.0 Å². The molecule has 38 heavy (non-hydrogen) atoms. The fourth-order valence-corrected chi connectivity index (χ4v) is 6.84. The molecule has 1 amide bonds. The molecular weight excluding hydrogens is 541 g/mol. The van der Waals surface area contributed by atoms with Crippen LogP contribution in [0.4, 0.5) is 18.3 Å². The third-order valence-electron chi connectivity index (χ3n) is 6.58. The Labute approximate surface area is 221 Å². The van der Waals surface area contributed by atoms with Crippen LogP contribution in [-0.4, -0.2) is 53.9 Å². The molecule has 8 nitrogen and oxygen atoms in total. The van der Waals surface area contributed by atoms with Gasteiger partial charge >= 0.3 is 0 Å². The van der Waals surface area contributed by atoms with Gasteiger partial charge in [0.1, 0.15) is 11.3 Å². The van der Waals surface area contributed by atoms with Crippen LogP contribution in [0.1, 0.15) is 54.1 Å². The van der Waals surface area contributed by atoms with Gasteiger partial charge in [-0.25, -0.2) is 26.6 Å². The van der Waals surface area contributed by atoms with Gasteiger partial charge < -0.3 is 15.7 Å². The van der Waals surface area contributed by atoms with E-state index in [9.17, 15) is 36.8 Å². The van der Waals surface area contributed by atoms with Crippen LogP contribution in [0.5, 0.6) is 0 Å². The number of carbonyl (C=O) groups excluding carboxylic acids is 1. The van der Waals surface area contributed by atoms with E-state index in [4.69, 9.17) is 5.73 Å².